The largest absolute Gasteiger partial charge is 0.455 e. The van der Waals surface area contributed by atoms with E-state index < -0.39 is 5.41 Å². The van der Waals surface area contributed by atoms with E-state index in [1.54, 1.807) is 0 Å². The molecule has 1 aliphatic heterocycles. The summed E-state index contributed by atoms with van der Waals surface area (Å²) in [4.78, 5) is 0. The van der Waals surface area contributed by atoms with Crippen LogP contribution >= 0.6 is 0 Å². The van der Waals surface area contributed by atoms with Gasteiger partial charge in [-0.2, -0.15) is 0 Å². The first-order valence-corrected chi connectivity index (χ1v) is 19.0. The van der Waals surface area contributed by atoms with Crippen molar-refractivity contribution in [2.45, 2.75) is 5.41 Å². The van der Waals surface area contributed by atoms with Crippen LogP contribution in [0.3, 0.4) is 0 Å². The van der Waals surface area contributed by atoms with Gasteiger partial charge >= 0.3 is 0 Å². The van der Waals surface area contributed by atoms with Gasteiger partial charge < -0.3 is 9.30 Å². The Labute approximate surface area is 318 Å². The van der Waals surface area contributed by atoms with Crippen LogP contribution in [-0.2, 0) is 5.41 Å². The normalized spacial score (nSPS) is 13.4. The van der Waals surface area contributed by atoms with Gasteiger partial charge in [-0.15, -0.1) is 0 Å². The molecule has 0 unspecified atom stereocenters. The third-order valence-electron chi connectivity index (χ3n) is 12.1. The summed E-state index contributed by atoms with van der Waals surface area (Å²) < 4.78 is 9.90. The molecule has 2 heteroatoms. The summed E-state index contributed by atoms with van der Waals surface area (Å²) in [5.74, 6) is 1.83. The van der Waals surface area contributed by atoms with Crippen LogP contribution < -0.4 is 4.74 Å². The molecule has 0 atom stereocenters. The number of benzene rings is 10. The molecule has 0 N–H and O–H groups in total. The van der Waals surface area contributed by atoms with Crippen LogP contribution in [0.1, 0.15) is 22.3 Å². The van der Waals surface area contributed by atoms with Crippen molar-refractivity contribution < 1.29 is 4.74 Å². The Morgan fingerprint density at radius 1 is 0.291 bits per heavy atom. The maximum absolute atomic E-state index is 7.49. The number of aromatic nitrogens is 1. The number of hydrogen-bond acceptors (Lipinski definition) is 1. The van der Waals surface area contributed by atoms with E-state index in [9.17, 15) is 0 Å². The first kappa shape index (κ1) is 30.3. The number of fused-ring (bicyclic) bond motifs is 15. The number of para-hydroxylation sites is 2. The predicted molar refractivity (Wildman–Crippen MR) is 229 cm³/mol. The van der Waals surface area contributed by atoms with Gasteiger partial charge in [0.15, 0.2) is 0 Å². The highest BCUT2D eigenvalue weighted by Gasteiger charge is 2.49. The molecule has 256 valence electrons. The molecule has 12 rings (SSSR count). The lowest BCUT2D eigenvalue weighted by molar-refractivity contribution is 0.449. The molecule has 0 bridgehead atoms. The minimum absolute atomic E-state index is 0.753. The molecule has 0 radical (unpaired) electrons. The van der Waals surface area contributed by atoms with E-state index >= 15 is 0 Å². The molecule has 2 nitrogen and oxygen atoms in total. The van der Waals surface area contributed by atoms with Gasteiger partial charge in [-0.05, 0) is 67.7 Å². The zero-order valence-corrected chi connectivity index (χ0v) is 29.9. The summed E-state index contributed by atoms with van der Waals surface area (Å²) in [6, 6.07) is 73.3. The molecular weight excluding hydrogens is 667 g/mol. The van der Waals surface area contributed by atoms with Gasteiger partial charge in [0.05, 0.1) is 16.4 Å². The van der Waals surface area contributed by atoms with Crippen molar-refractivity contribution in [2.24, 2.45) is 0 Å². The summed E-state index contributed by atoms with van der Waals surface area (Å²) in [6.45, 7) is 0. The van der Waals surface area contributed by atoms with Gasteiger partial charge in [-0.1, -0.05) is 176 Å². The Bertz CT molecular complexity index is 3160. The molecule has 0 aliphatic carbocycles. The van der Waals surface area contributed by atoms with Crippen LogP contribution in [0, 0.1) is 0 Å². The van der Waals surface area contributed by atoms with Gasteiger partial charge in [-0.25, -0.2) is 0 Å². The third kappa shape index (κ3) is 4.03. The van der Waals surface area contributed by atoms with Gasteiger partial charge in [0.2, 0.25) is 0 Å². The molecule has 55 heavy (non-hydrogen) atoms. The smallest absolute Gasteiger partial charge is 0.140 e. The third-order valence-corrected chi connectivity index (χ3v) is 12.1. The molecule has 0 amide bonds. The lowest BCUT2D eigenvalue weighted by Gasteiger charge is -2.44. The second-order valence-electron chi connectivity index (χ2n) is 14.7. The highest BCUT2D eigenvalue weighted by molar-refractivity contribution is 6.18. The summed E-state index contributed by atoms with van der Waals surface area (Å²) in [5.41, 5.74) is 7.51. The van der Waals surface area contributed by atoms with Crippen LogP contribution in [0.5, 0.6) is 11.5 Å². The highest BCUT2D eigenvalue weighted by Crippen LogP contribution is 2.62. The minimum Gasteiger partial charge on any atom is -0.455 e. The lowest BCUT2D eigenvalue weighted by Crippen LogP contribution is -2.35. The molecule has 10 aromatic carbocycles. The molecule has 1 aromatic heterocycles. The molecule has 0 saturated carbocycles. The SMILES string of the molecule is c1ccc(C2(c3ccc(-n4c5ccccc5c5ccccc54)cc3)c3c(c4ccccc4c4ccccc34)Oc3c2c2ccccc2c2ccccc32)cc1. The van der Waals surface area contributed by atoms with E-state index in [0.717, 1.165) is 28.0 Å². The molecule has 0 spiro atoms. The quantitative estimate of drug-likeness (QED) is 0.167. The maximum Gasteiger partial charge on any atom is 0.140 e. The Kier molecular flexibility index (Phi) is 6.29. The van der Waals surface area contributed by atoms with E-state index in [2.05, 4.69) is 205 Å². The fraction of sp³-hybridized carbons (Fsp3) is 0.0189. The summed E-state index contributed by atoms with van der Waals surface area (Å²) >= 11 is 0. The van der Waals surface area contributed by atoms with Crippen molar-refractivity contribution in [3.63, 3.8) is 0 Å². The zero-order valence-electron chi connectivity index (χ0n) is 29.9. The average molecular weight is 700 g/mol. The van der Waals surface area contributed by atoms with Crippen molar-refractivity contribution in [2.75, 3.05) is 0 Å². The standard InChI is InChI=1S/C53H33NO/c1-2-16-34(17-3-1)53(35-30-32-36(33-31-35)54-47-28-14-12-22-41(47)42-23-13-15-29-48(42)54)49-43-24-8-4-18-37(43)39-20-6-10-26-45(39)51(49)55-52-46-27-11-7-21-40(46)38-19-5-9-25-44(38)50(52)53/h1-33H. The molecule has 2 heterocycles. The Balaban J connectivity index is 1.28. The van der Waals surface area contributed by atoms with Gasteiger partial charge in [0.1, 0.15) is 11.5 Å². The first-order chi connectivity index (χ1) is 27.3. The average Bonchev–Trinajstić information content (AvgIpc) is 3.60. The van der Waals surface area contributed by atoms with Crippen molar-refractivity contribution in [3.05, 3.63) is 222 Å². The van der Waals surface area contributed by atoms with E-state index in [1.165, 1.54) is 76.4 Å². The van der Waals surface area contributed by atoms with E-state index in [4.69, 9.17) is 4.74 Å². The molecule has 0 fully saturated rings. The van der Waals surface area contributed by atoms with Crippen molar-refractivity contribution in [3.8, 4) is 17.2 Å². The topological polar surface area (TPSA) is 14.2 Å². The van der Waals surface area contributed by atoms with Crippen LogP contribution in [0.15, 0.2) is 200 Å². The summed E-state index contributed by atoms with van der Waals surface area (Å²) in [6.07, 6.45) is 0. The van der Waals surface area contributed by atoms with Crippen molar-refractivity contribution in [1.82, 2.24) is 4.57 Å². The first-order valence-electron chi connectivity index (χ1n) is 19.0. The monoisotopic (exact) mass is 699 g/mol. The fourth-order valence-corrected chi connectivity index (χ4v) is 9.89. The highest BCUT2D eigenvalue weighted by atomic mass is 16.5. The molecular formula is C53H33NO. The van der Waals surface area contributed by atoms with Crippen LogP contribution in [0.4, 0.5) is 0 Å². The van der Waals surface area contributed by atoms with Gasteiger partial charge in [0, 0.05) is 38.4 Å². The van der Waals surface area contributed by atoms with E-state index in [1.807, 2.05) is 0 Å². The predicted octanol–water partition coefficient (Wildman–Crippen LogP) is 13.9. The number of nitrogens with zero attached hydrogens (tertiary/aromatic N) is 1. The second-order valence-corrected chi connectivity index (χ2v) is 14.7. The minimum atomic E-state index is -0.753. The van der Waals surface area contributed by atoms with Crippen LogP contribution in [0.2, 0.25) is 0 Å². The maximum atomic E-state index is 7.49. The Hall–Kier alpha value is -7.16. The zero-order chi connectivity index (χ0) is 36.1. The van der Waals surface area contributed by atoms with Gasteiger partial charge in [0.25, 0.3) is 0 Å². The van der Waals surface area contributed by atoms with Crippen molar-refractivity contribution >= 4 is 64.9 Å². The molecule has 0 saturated heterocycles. The van der Waals surface area contributed by atoms with Crippen molar-refractivity contribution in [1.29, 1.82) is 0 Å². The lowest BCUT2D eigenvalue weighted by atomic mass is 9.61. The van der Waals surface area contributed by atoms with Gasteiger partial charge in [-0.3, -0.25) is 0 Å². The number of rotatable bonds is 3. The van der Waals surface area contributed by atoms with E-state index in [-0.39, 0.29) is 0 Å². The fourth-order valence-electron chi connectivity index (χ4n) is 9.89. The number of ether oxygens (including phenoxy) is 1. The molecule has 11 aromatic rings. The van der Waals surface area contributed by atoms with Crippen LogP contribution in [0.25, 0.3) is 70.6 Å². The van der Waals surface area contributed by atoms with E-state index in [0.29, 0.717) is 0 Å². The second kappa shape index (κ2) is 11.4. The molecule has 1 aliphatic rings. The summed E-state index contributed by atoms with van der Waals surface area (Å²) in [5, 5.41) is 11.9. The number of hydrogen-bond donors (Lipinski definition) is 0. The Morgan fingerprint density at radius 3 is 1.11 bits per heavy atom. The van der Waals surface area contributed by atoms with Crippen LogP contribution in [-0.4, -0.2) is 4.57 Å². The summed E-state index contributed by atoms with van der Waals surface area (Å²) in [7, 11) is 0. The Morgan fingerprint density at radius 2 is 0.636 bits per heavy atom.